The molecule has 1 rings (SSSR count). The lowest BCUT2D eigenvalue weighted by atomic mass is 10.0. The molecule has 0 aromatic heterocycles. The van der Waals surface area contributed by atoms with Crippen molar-refractivity contribution in [3.8, 4) is 0 Å². The number of hydrogen-bond acceptors (Lipinski definition) is 7. The zero-order valence-electron chi connectivity index (χ0n) is 21.0. The molecular weight excluding hydrogens is 446 g/mol. The monoisotopic (exact) mass is 487 g/mol. The summed E-state index contributed by atoms with van der Waals surface area (Å²) in [5, 5.41) is 0. The molecule has 0 aliphatic rings. The van der Waals surface area contributed by atoms with Gasteiger partial charge >= 0.3 is 17.6 Å². The first-order valence-corrected chi connectivity index (χ1v) is 14.9. The minimum absolute atomic E-state index is 0.0322. The lowest BCUT2D eigenvalue weighted by molar-refractivity contribution is -0.116. The summed E-state index contributed by atoms with van der Waals surface area (Å²) >= 11 is 0. The topological polar surface area (TPSA) is 75.7 Å². The first kappa shape index (κ1) is 28.9. The second kappa shape index (κ2) is 14.2. The van der Waals surface area contributed by atoms with Crippen LogP contribution in [0, 0.1) is 0 Å². The first-order valence-electron chi connectivity index (χ1n) is 11.0. The van der Waals surface area contributed by atoms with E-state index in [2.05, 4.69) is 18.2 Å². The second-order valence-corrected chi connectivity index (χ2v) is 13.8. The predicted octanol–water partition coefficient (Wildman–Crippen LogP) is 3.68. The Hall–Kier alpha value is -1.12. The highest BCUT2D eigenvalue weighted by molar-refractivity contribution is 6.60. The minimum atomic E-state index is -2.60. The van der Waals surface area contributed by atoms with E-state index < -0.39 is 17.6 Å². The highest BCUT2D eigenvalue weighted by Crippen LogP contribution is 2.25. The molecule has 0 unspecified atom stereocenters. The van der Waals surface area contributed by atoms with Gasteiger partial charge in [0.25, 0.3) is 0 Å². The Kier molecular flexibility index (Phi) is 12.8. The van der Waals surface area contributed by atoms with Gasteiger partial charge in [0.1, 0.15) is 0 Å². The van der Waals surface area contributed by atoms with Crippen LogP contribution in [0.4, 0.5) is 5.69 Å². The summed E-state index contributed by atoms with van der Waals surface area (Å²) < 4.78 is 33.2. The molecule has 0 aliphatic heterocycles. The molecule has 32 heavy (non-hydrogen) atoms. The van der Waals surface area contributed by atoms with Crippen molar-refractivity contribution in [2.45, 2.75) is 51.6 Å². The SMILES string of the molecule is CCN(C(C)=O)c1cc(CCC[Si](OC)(OC)OC)cc(CCC[Si](OC)(OC)OC)c1. The molecule has 184 valence electrons. The van der Waals surface area contributed by atoms with Crippen molar-refractivity contribution in [1.29, 1.82) is 0 Å². The van der Waals surface area contributed by atoms with Crippen molar-refractivity contribution in [1.82, 2.24) is 0 Å². The van der Waals surface area contributed by atoms with Gasteiger partial charge in [0.15, 0.2) is 0 Å². The summed E-state index contributed by atoms with van der Waals surface area (Å²) in [5.74, 6) is 0.0322. The van der Waals surface area contributed by atoms with Gasteiger partial charge in [-0.3, -0.25) is 4.79 Å². The Balaban J connectivity index is 3.03. The van der Waals surface area contributed by atoms with Gasteiger partial charge in [-0.15, -0.1) is 0 Å². The number of nitrogens with zero attached hydrogens (tertiary/aromatic N) is 1. The molecule has 0 fully saturated rings. The molecule has 0 atom stereocenters. The molecule has 0 radical (unpaired) electrons. The summed E-state index contributed by atoms with van der Waals surface area (Å²) in [4.78, 5) is 14.0. The Morgan fingerprint density at radius 3 is 1.41 bits per heavy atom. The van der Waals surface area contributed by atoms with E-state index in [9.17, 15) is 4.79 Å². The fraction of sp³-hybridized carbons (Fsp3) is 0.682. The van der Waals surface area contributed by atoms with Gasteiger partial charge in [0.2, 0.25) is 5.91 Å². The summed E-state index contributed by atoms with van der Waals surface area (Å²) in [7, 11) is 4.59. The van der Waals surface area contributed by atoms with E-state index in [1.165, 1.54) is 11.1 Å². The van der Waals surface area contributed by atoms with E-state index in [0.29, 0.717) is 6.54 Å². The van der Waals surface area contributed by atoms with Crippen LogP contribution in [0.2, 0.25) is 12.1 Å². The molecule has 0 saturated heterocycles. The minimum Gasteiger partial charge on any atom is -0.377 e. The number of rotatable bonds is 16. The maximum Gasteiger partial charge on any atom is 0.500 e. The van der Waals surface area contributed by atoms with Crippen molar-refractivity contribution in [3.05, 3.63) is 29.3 Å². The summed E-state index contributed by atoms with van der Waals surface area (Å²) in [5.41, 5.74) is 3.28. The first-order chi connectivity index (χ1) is 15.3. The number of aryl methyl sites for hydroxylation is 2. The predicted molar refractivity (Wildman–Crippen MR) is 130 cm³/mol. The number of carbonyl (C=O) groups excluding carboxylic acids is 1. The molecule has 0 N–H and O–H groups in total. The molecule has 1 amide bonds. The van der Waals surface area contributed by atoms with Gasteiger partial charge in [-0.2, -0.15) is 0 Å². The number of anilines is 1. The van der Waals surface area contributed by atoms with E-state index in [0.717, 1.165) is 43.5 Å². The zero-order chi connectivity index (χ0) is 24.2. The second-order valence-electron chi connectivity index (χ2n) is 7.57. The lowest BCUT2D eigenvalue weighted by Gasteiger charge is -2.25. The average Bonchev–Trinajstić information content (AvgIpc) is 2.80. The van der Waals surface area contributed by atoms with E-state index >= 15 is 0 Å². The van der Waals surface area contributed by atoms with Crippen LogP contribution in [0.25, 0.3) is 0 Å². The highest BCUT2D eigenvalue weighted by atomic mass is 28.4. The summed E-state index contributed by atoms with van der Waals surface area (Å²) in [6, 6.07) is 7.86. The number of hydrogen-bond donors (Lipinski definition) is 0. The molecule has 1 aromatic carbocycles. The smallest absolute Gasteiger partial charge is 0.377 e. The van der Waals surface area contributed by atoms with Gasteiger partial charge in [-0.05, 0) is 55.9 Å². The fourth-order valence-electron chi connectivity index (χ4n) is 3.90. The normalized spacial score (nSPS) is 12.2. The highest BCUT2D eigenvalue weighted by Gasteiger charge is 2.37. The molecule has 0 saturated carbocycles. The number of carbonyl (C=O) groups is 1. The van der Waals surface area contributed by atoms with Crippen molar-refractivity contribution in [2.75, 3.05) is 54.1 Å². The van der Waals surface area contributed by atoms with Crippen LogP contribution >= 0.6 is 0 Å². The van der Waals surface area contributed by atoms with Crippen molar-refractivity contribution in [3.63, 3.8) is 0 Å². The molecule has 0 aliphatic carbocycles. The number of amides is 1. The largest absolute Gasteiger partial charge is 0.500 e. The van der Waals surface area contributed by atoms with Crippen LogP contribution in [0.5, 0.6) is 0 Å². The van der Waals surface area contributed by atoms with Crippen LogP contribution in [0.1, 0.15) is 37.8 Å². The summed E-state index contributed by atoms with van der Waals surface area (Å²) in [6.07, 6.45) is 3.41. The van der Waals surface area contributed by atoms with E-state index in [4.69, 9.17) is 26.6 Å². The van der Waals surface area contributed by atoms with Crippen molar-refractivity contribution in [2.24, 2.45) is 0 Å². The van der Waals surface area contributed by atoms with Gasteiger partial charge < -0.3 is 31.5 Å². The zero-order valence-corrected chi connectivity index (χ0v) is 23.0. The Morgan fingerprint density at radius 1 is 0.750 bits per heavy atom. The van der Waals surface area contributed by atoms with Crippen LogP contribution in [0.15, 0.2) is 18.2 Å². The molecule has 10 heteroatoms. The molecule has 0 bridgehead atoms. The molecule has 8 nitrogen and oxygen atoms in total. The Morgan fingerprint density at radius 2 is 1.12 bits per heavy atom. The molecule has 0 spiro atoms. The van der Waals surface area contributed by atoms with Crippen molar-refractivity contribution >= 4 is 29.2 Å². The molecule has 0 heterocycles. The van der Waals surface area contributed by atoms with Gasteiger partial charge in [0, 0.05) is 73.9 Å². The number of benzene rings is 1. The third-order valence-corrected chi connectivity index (χ3v) is 11.5. The van der Waals surface area contributed by atoms with Crippen LogP contribution in [-0.4, -0.2) is 72.7 Å². The maximum atomic E-state index is 12.2. The van der Waals surface area contributed by atoms with Gasteiger partial charge in [0.05, 0.1) is 0 Å². The molecular formula is C22H41NO7Si2. The van der Waals surface area contributed by atoms with Gasteiger partial charge in [-0.1, -0.05) is 6.07 Å². The summed E-state index contributed by atoms with van der Waals surface area (Å²) in [6.45, 7) is 4.21. The third kappa shape index (κ3) is 8.03. The van der Waals surface area contributed by atoms with Crippen LogP contribution in [0.3, 0.4) is 0 Å². The van der Waals surface area contributed by atoms with E-state index in [1.807, 2.05) is 6.92 Å². The quantitative estimate of drug-likeness (QED) is 0.329. The third-order valence-electron chi connectivity index (χ3n) is 5.81. The maximum absolute atomic E-state index is 12.2. The Labute approximate surface area is 195 Å². The molecule has 1 aromatic rings. The lowest BCUT2D eigenvalue weighted by Crippen LogP contribution is -2.42. The standard InChI is InChI=1S/C22H41NO7Si2/c1-9-23(19(2)24)22-17-20(12-10-14-31(25-3,26-4)27-5)16-21(18-22)13-11-15-32(28-6,29-7)30-8/h16-18H,9-15H2,1-8H3. The van der Waals surface area contributed by atoms with Gasteiger partial charge in [-0.25, -0.2) is 0 Å². The van der Waals surface area contributed by atoms with E-state index in [1.54, 1.807) is 54.5 Å². The van der Waals surface area contributed by atoms with Crippen molar-refractivity contribution < 1.29 is 31.4 Å². The average molecular weight is 488 g/mol. The van der Waals surface area contributed by atoms with E-state index in [-0.39, 0.29) is 5.91 Å². The fourth-order valence-corrected chi connectivity index (χ4v) is 7.35. The van der Waals surface area contributed by atoms with Crippen LogP contribution in [-0.2, 0) is 44.2 Å². The van der Waals surface area contributed by atoms with Crippen LogP contribution < -0.4 is 4.90 Å². The Bertz CT molecular complexity index is 636.